The number of nitrogens with one attached hydrogen (secondary N) is 1. The van der Waals surface area contributed by atoms with Gasteiger partial charge in [0.2, 0.25) is 0 Å². The van der Waals surface area contributed by atoms with Crippen molar-refractivity contribution in [2.45, 2.75) is 18.9 Å². The second kappa shape index (κ2) is 6.98. The fourth-order valence-corrected chi connectivity index (χ4v) is 3.49. The Morgan fingerprint density at radius 2 is 2.08 bits per heavy atom. The molecular weight excluding hydrogens is 336 g/mol. The van der Waals surface area contributed by atoms with Crippen molar-refractivity contribution in [3.63, 3.8) is 0 Å². The number of rotatable bonds is 5. The van der Waals surface area contributed by atoms with Crippen molar-refractivity contribution in [1.82, 2.24) is 20.3 Å². The van der Waals surface area contributed by atoms with E-state index in [4.69, 9.17) is 4.74 Å². The van der Waals surface area contributed by atoms with Gasteiger partial charge in [-0.1, -0.05) is 18.2 Å². The van der Waals surface area contributed by atoms with Crippen molar-refractivity contribution in [3.8, 4) is 16.6 Å². The number of fused-ring (bicyclic) bond motifs is 1. The van der Waals surface area contributed by atoms with Crippen LogP contribution in [0.15, 0.2) is 48.1 Å². The van der Waals surface area contributed by atoms with Gasteiger partial charge in [0.05, 0.1) is 5.69 Å². The molecule has 0 saturated heterocycles. The van der Waals surface area contributed by atoms with E-state index in [-0.39, 0.29) is 5.91 Å². The molecule has 1 aliphatic heterocycles. The van der Waals surface area contributed by atoms with Gasteiger partial charge in [0.25, 0.3) is 5.91 Å². The van der Waals surface area contributed by atoms with Crippen LogP contribution in [-0.4, -0.2) is 33.5 Å². The Labute approximate surface area is 148 Å². The van der Waals surface area contributed by atoms with E-state index in [9.17, 15) is 4.79 Å². The molecule has 1 N–H and O–H groups in total. The molecule has 0 bridgehead atoms. The summed E-state index contributed by atoms with van der Waals surface area (Å²) in [5.74, 6) is 1.34. The monoisotopic (exact) mass is 352 g/mol. The number of ether oxygens (including phenoxy) is 1. The third kappa shape index (κ3) is 3.51. The summed E-state index contributed by atoms with van der Waals surface area (Å²) in [7, 11) is 0. The first-order valence-electron chi connectivity index (χ1n) is 8.03. The Morgan fingerprint density at radius 3 is 2.92 bits per heavy atom. The standard InChI is InChI=1S/C18H16N4O2S/c23-17(15-10-12-4-1-2-5-14(12)24-15)21-9-6-13-11-25-18(22-13)16-19-7-3-8-20-16/h1-5,7-8,11,15H,6,9-10H2,(H,21,23)/t15-/m1/s1. The maximum absolute atomic E-state index is 12.3. The van der Waals surface area contributed by atoms with Gasteiger partial charge in [0.1, 0.15) is 5.75 Å². The smallest absolute Gasteiger partial charge is 0.261 e. The van der Waals surface area contributed by atoms with E-state index >= 15 is 0 Å². The summed E-state index contributed by atoms with van der Waals surface area (Å²) in [5, 5.41) is 5.69. The van der Waals surface area contributed by atoms with E-state index in [1.165, 1.54) is 11.3 Å². The summed E-state index contributed by atoms with van der Waals surface area (Å²) in [6.07, 6.45) is 4.23. The summed E-state index contributed by atoms with van der Waals surface area (Å²) in [5.41, 5.74) is 2.00. The summed E-state index contributed by atoms with van der Waals surface area (Å²) in [6, 6.07) is 9.53. The van der Waals surface area contributed by atoms with Crippen molar-refractivity contribution in [1.29, 1.82) is 0 Å². The van der Waals surface area contributed by atoms with Crippen LogP contribution in [0.25, 0.3) is 10.8 Å². The highest BCUT2D eigenvalue weighted by atomic mass is 32.1. The van der Waals surface area contributed by atoms with Gasteiger partial charge in [0, 0.05) is 37.2 Å². The Hall–Kier alpha value is -2.80. The fourth-order valence-electron chi connectivity index (χ4n) is 2.69. The number of thiazole rings is 1. The quantitative estimate of drug-likeness (QED) is 0.762. The lowest BCUT2D eigenvalue weighted by Crippen LogP contribution is -2.38. The second-order valence-corrected chi connectivity index (χ2v) is 6.53. The molecule has 0 aliphatic carbocycles. The van der Waals surface area contributed by atoms with E-state index < -0.39 is 6.10 Å². The number of hydrogen-bond acceptors (Lipinski definition) is 6. The van der Waals surface area contributed by atoms with Crippen LogP contribution in [0, 0.1) is 0 Å². The normalized spacial score (nSPS) is 15.4. The molecule has 0 radical (unpaired) electrons. The molecule has 126 valence electrons. The topological polar surface area (TPSA) is 77.0 Å². The molecule has 0 spiro atoms. The van der Waals surface area contributed by atoms with Crippen molar-refractivity contribution >= 4 is 17.2 Å². The third-order valence-electron chi connectivity index (χ3n) is 3.93. The SMILES string of the molecule is O=C(NCCc1csc(-c2ncccn2)n1)[C@H]1Cc2ccccc2O1. The Bertz CT molecular complexity index is 857. The zero-order chi connectivity index (χ0) is 17.1. The van der Waals surface area contributed by atoms with Gasteiger partial charge in [-0.2, -0.15) is 0 Å². The number of benzene rings is 1. The number of hydrogen-bond donors (Lipinski definition) is 1. The van der Waals surface area contributed by atoms with E-state index in [2.05, 4.69) is 20.3 Å². The zero-order valence-electron chi connectivity index (χ0n) is 13.4. The number of nitrogens with zero attached hydrogens (tertiary/aromatic N) is 3. The second-order valence-electron chi connectivity index (χ2n) is 5.68. The lowest BCUT2D eigenvalue weighted by molar-refractivity contribution is -0.127. The first-order valence-corrected chi connectivity index (χ1v) is 8.91. The summed E-state index contributed by atoms with van der Waals surface area (Å²) in [6.45, 7) is 0.522. The molecule has 1 amide bonds. The molecule has 6 nitrogen and oxygen atoms in total. The lowest BCUT2D eigenvalue weighted by atomic mass is 10.1. The Kier molecular flexibility index (Phi) is 4.39. The maximum Gasteiger partial charge on any atom is 0.261 e. The van der Waals surface area contributed by atoms with Crippen LogP contribution in [0.2, 0.25) is 0 Å². The first kappa shape index (κ1) is 15.7. The average molecular weight is 352 g/mol. The zero-order valence-corrected chi connectivity index (χ0v) is 14.2. The summed E-state index contributed by atoms with van der Waals surface area (Å²) in [4.78, 5) is 25.2. The van der Waals surface area contributed by atoms with Crippen molar-refractivity contribution < 1.29 is 9.53 Å². The molecule has 2 aromatic heterocycles. The van der Waals surface area contributed by atoms with Gasteiger partial charge >= 0.3 is 0 Å². The molecule has 1 aliphatic rings. The molecule has 0 unspecified atom stereocenters. The largest absolute Gasteiger partial charge is 0.480 e. The first-order chi connectivity index (χ1) is 12.3. The number of carbonyl (C=O) groups is 1. The van der Waals surface area contributed by atoms with Crippen molar-refractivity contribution in [2.24, 2.45) is 0 Å². The average Bonchev–Trinajstić information content (AvgIpc) is 3.29. The van der Waals surface area contributed by atoms with E-state index in [1.807, 2.05) is 29.6 Å². The van der Waals surface area contributed by atoms with E-state index in [0.29, 0.717) is 25.2 Å². The number of carbonyl (C=O) groups excluding carboxylic acids is 1. The lowest BCUT2D eigenvalue weighted by Gasteiger charge is -2.10. The molecule has 1 atom stereocenters. The summed E-state index contributed by atoms with van der Waals surface area (Å²) >= 11 is 1.50. The van der Waals surface area contributed by atoms with Crippen LogP contribution in [0.3, 0.4) is 0 Å². The molecule has 1 aromatic carbocycles. The highest BCUT2D eigenvalue weighted by molar-refractivity contribution is 7.13. The van der Waals surface area contributed by atoms with Crippen LogP contribution in [0.1, 0.15) is 11.3 Å². The molecular formula is C18H16N4O2S. The van der Waals surface area contributed by atoms with E-state index in [0.717, 1.165) is 22.0 Å². The van der Waals surface area contributed by atoms with Crippen LogP contribution in [0.4, 0.5) is 0 Å². The van der Waals surface area contributed by atoms with Crippen molar-refractivity contribution in [2.75, 3.05) is 6.54 Å². The molecule has 25 heavy (non-hydrogen) atoms. The number of para-hydroxylation sites is 1. The predicted molar refractivity (Wildman–Crippen MR) is 94.4 cm³/mol. The highest BCUT2D eigenvalue weighted by Gasteiger charge is 2.28. The van der Waals surface area contributed by atoms with Gasteiger partial charge in [-0.25, -0.2) is 15.0 Å². The van der Waals surface area contributed by atoms with Gasteiger partial charge in [0.15, 0.2) is 16.9 Å². The van der Waals surface area contributed by atoms with Gasteiger partial charge < -0.3 is 10.1 Å². The minimum absolute atomic E-state index is 0.0851. The maximum atomic E-state index is 12.3. The van der Waals surface area contributed by atoms with Gasteiger partial charge in [-0.15, -0.1) is 11.3 Å². The number of aromatic nitrogens is 3. The molecule has 0 saturated carbocycles. The molecule has 7 heteroatoms. The Balaban J connectivity index is 1.29. The highest BCUT2D eigenvalue weighted by Crippen LogP contribution is 2.28. The van der Waals surface area contributed by atoms with Gasteiger partial charge in [-0.05, 0) is 17.7 Å². The van der Waals surface area contributed by atoms with E-state index in [1.54, 1.807) is 18.5 Å². The minimum atomic E-state index is -0.443. The molecule has 3 heterocycles. The van der Waals surface area contributed by atoms with Crippen molar-refractivity contribution in [3.05, 3.63) is 59.4 Å². The predicted octanol–water partition coefficient (Wildman–Crippen LogP) is 2.26. The Morgan fingerprint density at radius 1 is 1.24 bits per heavy atom. The fraction of sp³-hybridized carbons (Fsp3) is 0.222. The third-order valence-corrected chi connectivity index (χ3v) is 4.82. The van der Waals surface area contributed by atoms with Crippen LogP contribution in [-0.2, 0) is 17.6 Å². The van der Waals surface area contributed by atoms with Crippen LogP contribution < -0.4 is 10.1 Å². The minimum Gasteiger partial charge on any atom is -0.480 e. The molecule has 4 rings (SSSR count). The molecule has 3 aromatic rings. The summed E-state index contributed by atoms with van der Waals surface area (Å²) < 4.78 is 5.69. The van der Waals surface area contributed by atoms with Gasteiger partial charge in [-0.3, -0.25) is 4.79 Å². The number of amides is 1. The molecule has 0 fully saturated rings. The van der Waals surface area contributed by atoms with Crippen LogP contribution >= 0.6 is 11.3 Å². The van der Waals surface area contributed by atoms with Crippen LogP contribution in [0.5, 0.6) is 5.75 Å².